The van der Waals surface area contributed by atoms with E-state index in [1.54, 1.807) is 47.6 Å². The number of hydrogen-bond donors (Lipinski definition) is 5. The lowest BCUT2D eigenvalue weighted by Gasteiger charge is -2.41. The zero-order chi connectivity index (χ0) is 72.8. The summed E-state index contributed by atoms with van der Waals surface area (Å²) in [7, 11) is 10.0. The van der Waals surface area contributed by atoms with Crippen LogP contribution in [0.5, 0.6) is 0 Å². The molecule has 2 aliphatic rings. The number of allylic oxidation sites excluding steroid dienone is 2. The Kier molecular flexibility index (Phi) is 35.6. The number of carbonyl (C=O) groups is 11. The van der Waals surface area contributed by atoms with Crippen molar-refractivity contribution in [2.45, 2.75) is 248 Å². The number of aliphatic hydroxyl groups is 1. The van der Waals surface area contributed by atoms with Crippen LogP contribution in [0.25, 0.3) is 0 Å². The minimum Gasteiger partial charge on any atom is -0.390 e. The van der Waals surface area contributed by atoms with Gasteiger partial charge in [-0.25, -0.2) is 0 Å². The number of hydrogen-bond acceptors (Lipinski definition) is 14. The van der Waals surface area contributed by atoms with Gasteiger partial charge in [-0.15, -0.1) is 0 Å². The van der Waals surface area contributed by atoms with E-state index in [-0.39, 0.29) is 69.0 Å². The number of amides is 11. The summed E-state index contributed by atoms with van der Waals surface area (Å²) in [6.07, 6.45) is 5.73. The molecule has 0 aromatic carbocycles. The normalized spacial score (nSPS) is 27.2. The highest BCUT2D eigenvalue weighted by atomic mass is 16.5. The van der Waals surface area contributed by atoms with Crippen LogP contribution in [0.4, 0.5) is 0 Å². The SMILES string of the molecule is CC=CC[C@@H](C)[C@@H](O)[C@H]1C(=O)N[C@@H](CC)C(=O)N(C)[C@H](COCCCN2CCCC2)C(=O)N(C)[C@@H](CC(C)C)C(=O)N[C@@H](C(C)C)C(=O)N(C)[C@@H](CC(C)C)C(=O)N[C@@H](C)C(=O)N[C@H](C)C(=O)N(C)[C@@H](CC(C)C)C(=O)N(C)[C@@H](CC(C)C)C(=O)N(C)[C@@H](C(C)C)C(=O)N1C. The molecule has 11 amide bonds. The average molecular weight is 1340 g/mol. The first-order valence-corrected chi connectivity index (χ1v) is 34.9. The van der Waals surface area contributed by atoms with Gasteiger partial charge < -0.3 is 70.3 Å². The topological polar surface area (TPSA) is 291 Å². The summed E-state index contributed by atoms with van der Waals surface area (Å²) < 4.78 is 6.24. The number of ether oxygens (including phenoxy) is 1. The van der Waals surface area contributed by atoms with Crippen LogP contribution in [0.15, 0.2) is 12.2 Å². The van der Waals surface area contributed by atoms with Gasteiger partial charge in [0.15, 0.2) is 0 Å². The fourth-order valence-electron chi connectivity index (χ4n) is 12.6. The van der Waals surface area contributed by atoms with E-state index in [2.05, 4.69) is 26.2 Å². The molecule has 0 bridgehead atoms. The van der Waals surface area contributed by atoms with Crippen molar-refractivity contribution in [3.8, 4) is 0 Å². The molecule has 2 heterocycles. The molecule has 5 N–H and O–H groups in total. The van der Waals surface area contributed by atoms with E-state index in [4.69, 9.17) is 4.74 Å². The van der Waals surface area contributed by atoms with Gasteiger partial charge in [0.1, 0.15) is 66.5 Å². The quantitative estimate of drug-likeness (QED) is 0.0798. The van der Waals surface area contributed by atoms with Gasteiger partial charge in [0.05, 0.1) is 12.7 Å². The lowest BCUT2D eigenvalue weighted by molar-refractivity contribution is -0.157. The van der Waals surface area contributed by atoms with Gasteiger partial charge in [0.2, 0.25) is 65.0 Å². The summed E-state index contributed by atoms with van der Waals surface area (Å²) in [6, 6.07) is -14.0. The number of carbonyl (C=O) groups excluding carboxylic acids is 11. The Labute approximate surface area is 569 Å². The van der Waals surface area contributed by atoms with Crippen molar-refractivity contribution in [2.75, 3.05) is 82.2 Å². The smallest absolute Gasteiger partial charge is 0.248 e. The van der Waals surface area contributed by atoms with Crippen LogP contribution in [0.2, 0.25) is 0 Å². The molecule has 2 fully saturated rings. The zero-order valence-electron chi connectivity index (χ0n) is 62.4. The second kappa shape index (κ2) is 39.9. The molecule has 95 heavy (non-hydrogen) atoms. The number of likely N-dealkylation sites (tertiary alicyclic amines) is 1. The Balaban J connectivity index is 3.08. The van der Waals surface area contributed by atoms with Crippen LogP contribution in [-0.4, -0.2) is 264 Å². The van der Waals surface area contributed by atoms with Crippen LogP contribution in [-0.2, 0) is 57.5 Å². The van der Waals surface area contributed by atoms with E-state index in [1.165, 1.54) is 92.6 Å². The number of likely N-dealkylation sites (N-methyl/N-ethyl adjacent to an activating group) is 7. The van der Waals surface area contributed by atoms with Crippen LogP contribution >= 0.6 is 0 Å². The molecule has 2 rings (SSSR count). The highest BCUT2D eigenvalue weighted by Crippen LogP contribution is 2.26. The van der Waals surface area contributed by atoms with Gasteiger partial charge in [-0.05, 0) is 133 Å². The third kappa shape index (κ3) is 24.4. The lowest BCUT2D eigenvalue weighted by atomic mass is 9.91. The summed E-state index contributed by atoms with van der Waals surface area (Å²) in [5.74, 6) is -10.0. The summed E-state index contributed by atoms with van der Waals surface area (Å²) in [5.41, 5.74) is 0. The van der Waals surface area contributed by atoms with Gasteiger partial charge >= 0.3 is 0 Å². The van der Waals surface area contributed by atoms with Crippen molar-refractivity contribution in [1.29, 1.82) is 0 Å². The second-order valence-corrected chi connectivity index (χ2v) is 29.3. The highest BCUT2D eigenvalue weighted by molar-refractivity contribution is 6.00. The molecule has 0 aromatic heterocycles. The van der Waals surface area contributed by atoms with E-state index >= 15 is 28.8 Å². The fourth-order valence-corrected chi connectivity index (χ4v) is 12.6. The van der Waals surface area contributed by atoms with Crippen molar-refractivity contribution in [3.63, 3.8) is 0 Å². The molecular weight excluding hydrogens is 1220 g/mol. The Hall–Kier alpha value is -6.21. The standard InChI is InChI=1S/C70H126N12O13/c1-25-27-31-47(15)59(83)58-63(87)73-50(26-2)65(89)79(22)55(40-95-35-30-34-82-32-28-29-33-82)68(92)75(18)52(37-42(5)6)62(86)74-56(45(11)12)69(93)76(19)51(36-41(3)4)61(85)71-48(16)60(84)72-49(17)64(88)77(20)53(38-43(7)8)66(90)78(21)54(39-44(9)10)67(91)80(23)57(46(13)14)70(94)81(58)24/h25,27,41-59,83H,26,28-40H2,1-24H3,(H,71,85)(H,72,84)(H,73,87)(H,74,86)/t47-,48+,49-,50+,51+,52+,53+,54+,55-,56+,57+,58+,59-/m1/s1. The molecule has 25 nitrogen and oxygen atoms in total. The van der Waals surface area contributed by atoms with Gasteiger partial charge in [-0.3, -0.25) is 52.7 Å². The van der Waals surface area contributed by atoms with Crippen LogP contribution < -0.4 is 21.3 Å². The summed E-state index contributed by atoms with van der Waals surface area (Å²) in [4.78, 5) is 175. The molecule has 2 aliphatic heterocycles. The predicted octanol–water partition coefficient (Wildman–Crippen LogP) is 4.14. The van der Waals surface area contributed by atoms with Crippen molar-refractivity contribution < 1.29 is 62.6 Å². The van der Waals surface area contributed by atoms with Gasteiger partial charge in [-0.1, -0.05) is 109 Å². The molecule has 0 radical (unpaired) electrons. The first-order valence-electron chi connectivity index (χ1n) is 34.9. The van der Waals surface area contributed by atoms with Gasteiger partial charge in [-0.2, -0.15) is 0 Å². The van der Waals surface area contributed by atoms with E-state index < -0.39 is 155 Å². The minimum absolute atomic E-state index is 0.0154. The molecule has 544 valence electrons. The predicted molar refractivity (Wildman–Crippen MR) is 368 cm³/mol. The summed E-state index contributed by atoms with van der Waals surface area (Å²) in [5, 5.41) is 23.5. The Bertz CT molecular complexity index is 2570. The molecule has 0 unspecified atom stereocenters. The molecule has 0 aromatic rings. The van der Waals surface area contributed by atoms with Gasteiger partial charge in [0.25, 0.3) is 0 Å². The number of nitrogens with one attached hydrogen (secondary N) is 4. The third-order valence-corrected chi connectivity index (χ3v) is 18.6. The molecule has 25 heteroatoms. The third-order valence-electron chi connectivity index (χ3n) is 18.6. The maximum Gasteiger partial charge on any atom is 0.248 e. The van der Waals surface area contributed by atoms with Crippen molar-refractivity contribution in [3.05, 3.63) is 12.2 Å². The molecule has 2 saturated heterocycles. The maximum absolute atomic E-state index is 15.4. The number of nitrogens with zero attached hydrogens (tertiary/aromatic N) is 8. The Morgan fingerprint density at radius 1 is 0.474 bits per heavy atom. The largest absolute Gasteiger partial charge is 0.390 e. The van der Waals surface area contributed by atoms with Crippen LogP contribution in [0.3, 0.4) is 0 Å². The summed E-state index contributed by atoms with van der Waals surface area (Å²) >= 11 is 0. The molecule has 0 spiro atoms. The average Bonchev–Trinajstić information content (AvgIpc) is 1.67. The van der Waals surface area contributed by atoms with E-state index in [0.29, 0.717) is 12.8 Å². The maximum atomic E-state index is 15.4. The Morgan fingerprint density at radius 3 is 1.37 bits per heavy atom. The molecular formula is C70H126N12O13. The number of rotatable bonds is 21. The lowest BCUT2D eigenvalue weighted by Crippen LogP contribution is -2.64. The van der Waals surface area contributed by atoms with Crippen LogP contribution in [0.1, 0.15) is 175 Å². The van der Waals surface area contributed by atoms with Crippen LogP contribution in [0, 0.1) is 41.4 Å². The van der Waals surface area contributed by atoms with E-state index in [9.17, 15) is 29.1 Å². The monoisotopic (exact) mass is 1340 g/mol. The first kappa shape index (κ1) is 84.9. The molecule has 0 aliphatic carbocycles. The zero-order valence-corrected chi connectivity index (χ0v) is 62.4. The van der Waals surface area contributed by atoms with Crippen molar-refractivity contribution in [2.24, 2.45) is 41.4 Å². The van der Waals surface area contributed by atoms with E-state index in [1.807, 2.05) is 68.4 Å². The highest BCUT2D eigenvalue weighted by Gasteiger charge is 2.46. The van der Waals surface area contributed by atoms with E-state index in [0.717, 1.165) is 37.4 Å². The number of aliphatic hydroxyl groups excluding tert-OH is 1. The van der Waals surface area contributed by atoms with Crippen molar-refractivity contribution in [1.82, 2.24) is 60.5 Å². The fraction of sp³-hybridized carbons (Fsp3) is 0.814. The first-order chi connectivity index (χ1) is 44.2. The second-order valence-electron chi connectivity index (χ2n) is 29.3. The minimum atomic E-state index is -1.65. The molecule has 13 atom stereocenters. The van der Waals surface area contributed by atoms with Gasteiger partial charge in [0, 0.05) is 62.5 Å². The summed E-state index contributed by atoms with van der Waals surface area (Å²) in [6.45, 7) is 32.6. The molecule has 0 saturated carbocycles. The van der Waals surface area contributed by atoms with Crippen molar-refractivity contribution >= 4 is 65.0 Å². The Morgan fingerprint density at radius 2 is 0.895 bits per heavy atom.